The summed E-state index contributed by atoms with van der Waals surface area (Å²) in [6.45, 7) is 10.3. The molecule has 1 atom stereocenters. The van der Waals surface area contributed by atoms with Gasteiger partial charge in [0.25, 0.3) is 5.91 Å². The highest BCUT2D eigenvalue weighted by Crippen LogP contribution is 2.27. The van der Waals surface area contributed by atoms with Gasteiger partial charge in [-0.05, 0) is 62.3 Å². The molecule has 1 fully saturated rings. The maximum atomic E-state index is 12.7. The molecule has 1 saturated heterocycles. The molecule has 3 rings (SSSR count). The van der Waals surface area contributed by atoms with E-state index < -0.39 is 0 Å². The molecular formula is C18H24N2O. The number of carbonyl (C=O) groups is 1. The van der Waals surface area contributed by atoms with Crippen LogP contribution in [0, 0.1) is 26.7 Å². The molecule has 21 heavy (non-hydrogen) atoms. The number of piperidine rings is 1. The number of hydrogen-bond donors (Lipinski definition) is 1. The van der Waals surface area contributed by atoms with Crippen LogP contribution in [0.2, 0.25) is 0 Å². The lowest BCUT2D eigenvalue weighted by atomic mass is 10.00. The second-order valence-electron chi connectivity index (χ2n) is 6.61. The molecule has 1 aromatic carbocycles. The molecule has 0 unspecified atom stereocenters. The largest absolute Gasteiger partial charge is 0.350 e. The number of amides is 1. The first-order valence-electron chi connectivity index (χ1n) is 7.86. The number of carbonyl (C=O) groups excluding carboxylic acids is 1. The molecule has 0 bridgehead atoms. The minimum absolute atomic E-state index is 0.147. The number of likely N-dealkylation sites (tertiary alicyclic amines) is 1. The summed E-state index contributed by atoms with van der Waals surface area (Å²) in [4.78, 5) is 18.1. The average molecular weight is 284 g/mol. The Balaban J connectivity index is 1.99. The van der Waals surface area contributed by atoms with Gasteiger partial charge in [0, 0.05) is 24.0 Å². The molecule has 0 saturated carbocycles. The third-order valence-corrected chi connectivity index (χ3v) is 4.82. The zero-order valence-electron chi connectivity index (χ0n) is 13.4. The Morgan fingerprint density at radius 2 is 2.00 bits per heavy atom. The number of aryl methyl sites for hydroxylation is 3. The van der Waals surface area contributed by atoms with Gasteiger partial charge in [0.15, 0.2) is 0 Å². The standard InChI is InChI=1S/C18H24N2O/c1-11-6-5-7-20(10-11)18(21)16-9-15-13(3)8-12(2)14(4)17(15)19-16/h8-9,11,19H,5-7,10H2,1-4H3/t11-/m0/s1. The van der Waals surface area contributed by atoms with E-state index in [9.17, 15) is 4.79 Å². The van der Waals surface area contributed by atoms with Crippen molar-refractivity contribution in [3.05, 3.63) is 34.5 Å². The highest BCUT2D eigenvalue weighted by atomic mass is 16.2. The maximum absolute atomic E-state index is 12.7. The van der Waals surface area contributed by atoms with Gasteiger partial charge in [0.2, 0.25) is 0 Å². The number of nitrogens with zero attached hydrogens (tertiary/aromatic N) is 1. The average Bonchev–Trinajstić information content (AvgIpc) is 2.90. The van der Waals surface area contributed by atoms with Gasteiger partial charge >= 0.3 is 0 Å². The van der Waals surface area contributed by atoms with E-state index in [1.54, 1.807) is 0 Å². The molecule has 0 spiro atoms. The van der Waals surface area contributed by atoms with Gasteiger partial charge in [0.05, 0.1) is 0 Å². The molecule has 1 N–H and O–H groups in total. The maximum Gasteiger partial charge on any atom is 0.270 e. The van der Waals surface area contributed by atoms with Gasteiger partial charge < -0.3 is 9.88 Å². The van der Waals surface area contributed by atoms with Crippen LogP contribution in [-0.4, -0.2) is 28.9 Å². The van der Waals surface area contributed by atoms with E-state index in [1.807, 2.05) is 11.0 Å². The first-order valence-corrected chi connectivity index (χ1v) is 7.86. The molecule has 3 heteroatoms. The quantitative estimate of drug-likeness (QED) is 0.845. The molecule has 2 aromatic rings. The second kappa shape index (κ2) is 5.21. The Morgan fingerprint density at radius 1 is 1.24 bits per heavy atom. The Bertz CT molecular complexity index is 699. The number of benzene rings is 1. The molecule has 0 radical (unpaired) electrons. The van der Waals surface area contributed by atoms with Crippen LogP contribution in [-0.2, 0) is 0 Å². The van der Waals surface area contributed by atoms with Gasteiger partial charge in [-0.1, -0.05) is 13.0 Å². The second-order valence-corrected chi connectivity index (χ2v) is 6.61. The summed E-state index contributed by atoms with van der Waals surface area (Å²) in [6.07, 6.45) is 2.35. The van der Waals surface area contributed by atoms with Crippen LogP contribution in [0.15, 0.2) is 12.1 Å². The zero-order valence-corrected chi connectivity index (χ0v) is 13.4. The molecule has 3 nitrogen and oxygen atoms in total. The van der Waals surface area contributed by atoms with Gasteiger partial charge in [-0.3, -0.25) is 4.79 Å². The van der Waals surface area contributed by atoms with Crippen LogP contribution in [0.3, 0.4) is 0 Å². The van der Waals surface area contributed by atoms with Crippen LogP contribution in [0.5, 0.6) is 0 Å². The van der Waals surface area contributed by atoms with E-state index in [2.05, 4.69) is 38.7 Å². The number of nitrogens with one attached hydrogen (secondary N) is 1. The van der Waals surface area contributed by atoms with E-state index in [0.717, 1.165) is 30.7 Å². The lowest BCUT2D eigenvalue weighted by Gasteiger charge is -2.30. The Kier molecular flexibility index (Phi) is 3.52. The van der Waals surface area contributed by atoms with Gasteiger partial charge in [-0.2, -0.15) is 0 Å². The molecule has 1 amide bonds. The monoisotopic (exact) mass is 284 g/mol. The molecule has 2 heterocycles. The summed E-state index contributed by atoms with van der Waals surface area (Å²) in [5.41, 5.74) is 5.58. The van der Waals surface area contributed by atoms with Crippen molar-refractivity contribution in [2.24, 2.45) is 5.92 Å². The van der Waals surface area contributed by atoms with Crippen LogP contribution < -0.4 is 0 Å². The SMILES string of the molecule is Cc1cc(C)c2cc(C(=O)N3CCC[C@H](C)C3)[nH]c2c1C. The van der Waals surface area contributed by atoms with Crippen molar-refractivity contribution >= 4 is 16.8 Å². The van der Waals surface area contributed by atoms with Crippen molar-refractivity contribution in [2.45, 2.75) is 40.5 Å². The van der Waals surface area contributed by atoms with Crippen molar-refractivity contribution in [1.82, 2.24) is 9.88 Å². The third-order valence-electron chi connectivity index (χ3n) is 4.82. The van der Waals surface area contributed by atoms with Gasteiger partial charge in [0.1, 0.15) is 5.69 Å². The third kappa shape index (κ3) is 2.45. The van der Waals surface area contributed by atoms with E-state index in [1.165, 1.54) is 28.5 Å². The lowest BCUT2D eigenvalue weighted by Crippen LogP contribution is -2.39. The smallest absolute Gasteiger partial charge is 0.270 e. The fourth-order valence-electron chi connectivity index (χ4n) is 3.43. The number of H-pyrrole nitrogens is 1. The summed E-state index contributed by atoms with van der Waals surface area (Å²) >= 11 is 0. The summed E-state index contributed by atoms with van der Waals surface area (Å²) in [6, 6.07) is 4.22. The normalized spacial score (nSPS) is 19.2. The van der Waals surface area contributed by atoms with Crippen LogP contribution in [0.1, 0.15) is 46.9 Å². The fourth-order valence-corrected chi connectivity index (χ4v) is 3.43. The number of fused-ring (bicyclic) bond motifs is 1. The molecule has 1 aromatic heterocycles. The zero-order chi connectivity index (χ0) is 15.1. The molecule has 1 aliphatic rings. The summed E-state index contributed by atoms with van der Waals surface area (Å²) in [7, 11) is 0. The van der Waals surface area contributed by atoms with Crippen molar-refractivity contribution in [3.8, 4) is 0 Å². The molecule has 112 valence electrons. The van der Waals surface area contributed by atoms with Crippen molar-refractivity contribution in [2.75, 3.05) is 13.1 Å². The van der Waals surface area contributed by atoms with Crippen LogP contribution in [0.25, 0.3) is 10.9 Å². The van der Waals surface area contributed by atoms with Crippen molar-refractivity contribution < 1.29 is 4.79 Å². The molecule has 0 aliphatic carbocycles. The van der Waals surface area contributed by atoms with E-state index in [-0.39, 0.29) is 5.91 Å². The Hall–Kier alpha value is -1.77. The van der Waals surface area contributed by atoms with Crippen LogP contribution in [0.4, 0.5) is 0 Å². The predicted molar refractivity (Wildman–Crippen MR) is 86.8 cm³/mol. The van der Waals surface area contributed by atoms with Crippen LogP contribution >= 0.6 is 0 Å². The number of aromatic amines is 1. The number of rotatable bonds is 1. The van der Waals surface area contributed by atoms with Crippen molar-refractivity contribution in [1.29, 1.82) is 0 Å². The van der Waals surface area contributed by atoms with E-state index in [0.29, 0.717) is 5.92 Å². The first-order chi connectivity index (χ1) is 9.97. The van der Waals surface area contributed by atoms with E-state index in [4.69, 9.17) is 0 Å². The predicted octanol–water partition coefficient (Wildman–Crippen LogP) is 3.97. The fraction of sp³-hybridized carbons (Fsp3) is 0.500. The van der Waals surface area contributed by atoms with E-state index >= 15 is 0 Å². The number of aromatic nitrogens is 1. The Morgan fingerprint density at radius 3 is 2.71 bits per heavy atom. The molecular weight excluding hydrogens is 260 g/mol. The minimum Gasteiger partial charge on any atom is -0.350 e. The first kappa shape index (κ1) is 14.2. The highest BCUT2D eigenvalue weighted by Gasteiger charge is 2.23. The van der Waals surface area contributed by atoms with Crippen molar-refractivity contribution in [3.63, 3.8) is 0 Å². The molecule has 1 aliphatic heterocycles. The minimum atomic E-state index is 0.147. The highest BCUT2D eigenvalue weighted by molar-refractivity contribution is 5.99. The number of hydrogen-bond acceptors (Lipinski definition) is 1. The topological polar surface area (TPSA) is 36.1 Å². The van der Waals surface area contributed by atoms with Gasteiger partial charge in [-0.25, -0.2) is 0 Å². The Labute approximate surface area is 126 Å². The summed E-state index contributed by atoms with van der Waals surface area (Å²) < 4.78 is 0. The summed E-state index contributed by atoms with van der Waals surface area (Å²) in [5.74, 6) is 0.756. The lowest BCUT2D eigenvalue weighted by molar-refractivity contribution is 0.0678. The summed E-state index contributed by atoms with van der Waals surface area (Å²) in [5, 5.41) is 1.17. The van der Waals surface area contributed by atoms with Gasteiger partial charge in [-0.15, -0.1) is 0 Å².